The van der Waals surface area contributed by atoms with E-state index in [1.807, 2.05) is 0 Å². The van der Waals surface area contributed by atoms with E-state index in [0.717, 1.165) is 11.1 Å². The van der Waals surface area contributed by atoms with Gasteiger partial charge in [-0.1, -0.05) is 24.3 Å². The Hall–Kier alpha value is -4.16. The Morgan fingerprint density at radius 1 is 0.526 bits per heavy atom. The molecule has 2 rings (SSSR count). The first-order valence-corrected chi connectivity index (χ1v) is 11.8. The van der Waals surface area contributed by atoms with Crippen molar-refractivity contribution in [1.82, 2.24) is 0 Å². The lowest BCUT2D eigenvalue weighted by molar-refractivity contribution is -0.143. The van der Waals surface area contributed by atoms with Crippen LogP contribution in [-0.2, 0) is 32.0 Å². The van der Waals surface area contributed by atoms with Gasteiger partial charge in [0.2, 0.25) is 0 Å². The summed E-state index contributed by atoms with van der Waals surface area (Å²) in [6.45, 7) is 0. The molecule has 208 valence electrons. The Labute approximate surface area is 219 Å². The van der Waals surface area contributed by atoms with Crippen LogP contribution in [0.4, 0.5) is 0 Å². The summed E-state index contributed by atoms with van der Waals surface area (Å²) >= 11 is 0. The molecule has 0 fully saturated rings. The lowest BCUT2D eigenvalue weighted by Crippen LogP contribution is -2.31. The van der Waals surface area contributed by atoms with Crippen molar-refractivity contribution in [2.75, 3.05) is 0 Å². The number of aliphatic carboxylic acids is 4. The van der Waals surface area contributed by atoms with Crippen molar-refractivity contribution in [2.24, 2.45) is 23.3 Å². The standard InChI is InChI=1S/2C13H17NO5/c2*14-11(13(18)19)6-3-9(12(16)17)7-8-1-4-10(15)5-2-8/h2*1-2,4-5,9,11,15H,3,6-7,14H2,(H,16,17)(H,18,19)/t2*9?,11-/m00/s1. The number of carbonyl (C=O) groups is 4. The highest BCUT2D eigenvalue weighted by Crippen LogP contribution is 2.19. The predicted octanol–water partition coefficient (Wildman–Crippen LogP) is 1.66. The molecular formula is C26H34N2O10. The first kappa shape index (κ1) is 31.9. The molecule has 4 atom stereocenters. The fourth-order valence-corrected chi connectivity index (χ4v) is 3.47. The fourth-order valence-electron chi connectivity index (χ4n) is 3.47. The first-order chi connectivity index (χ1) is 17.8. The van der Waals surface area contributed by atoms with Gasteiger partial charge in [-0.15, -0.1) is 0 Å². The molecule has 0 aliphatic rings. The van der Waals surface area contributed by atoms with Gasteiger partial charge in [0.1, 0.15) is 23.6 Å². The van der Waals surface area contributed by atoms with Gasteiger partial charge in [-0.2, -0.15) is 0 Å². The molecule has 0 aliphatic heterocycles. The summed E-state index contributed by atoms with van der Waals surface area (Å²) in [6.07, 6.45) is 1.19. The van der Waals surface area contributed by atoms with E-state index in [1.165, 1.54) is 24.3 Å². The predicted molar refractivity (Wildman–Crippen MR) is 136 cm³/mol. The molecule has 10 N–H and O–H groups in total. The summed E-state index contributed by atoms with van der Waals surface area (Å²) in [5.41, 5.74) is 12.2. The number of hydrogen-bond acceptors (Lipinski definition) is 8. The van der Waals surface area contributed by atoms with Crippen molar-refractivity contribution in [1.29, 1.82) is 0 Å². The fraction of sp³-hybridized carbons (Fsp3) is 0.385. The number of phenols is 2. The van der Waals surface area contributed by atoms with Crippen molar-refractivity contribution in [2.45, 2.75) is 50.6 Å². The van der Waals surface area contributed by atoms with Gasteiger partial charge in [0.25, 0.3) is 0 Å². The summed E-state index contributed by atoms with van der Waals surface area (Å²) < 4.78 is 0. The van der Waals surface area contributed by atoms with Crippen molar-refractivity contribution in [3.8, 4) is 11.5 Å². The van der Waals surface area contributed by atoms with Crippen molar-refractivity contribution >= 4 is 23.9 Å². The molecule has 0 radical (unpaired) electrons. The average molecular weight is 535 g/mol. The molecule has 2 unspecified atom stereocenters. The molecule has 0 spiro atoms. The second kappa shape index (κ2) is 15.8. The molecule has 0 aromatic heterocycles. The SMILES string of the molecule is N[C@@H](CCC(Cc1ccc(O)cc1)C(=O)O)C(=O)O.N[C@@H](CCC(Cc1ccc(O)cc1)C(=O)O)C(=O)O. The van der Waals surface area contributed by atoms with Crippen LogP contribution in [0, 0.1) is 11.8 Å². The van der Waals surface area contributed by atoms with E-state index < -0.39 is 47.8 Å². The average Bonchev–Trinajstić information content (AvgIpc) is 2.86. The van der Waals surface area contributed by atoms with Crippen LogP contribution in [0.1, 0.15) is 36.8 Å². The number of rotatable bonds is 14. The van der Waals surface area contributed by atoms with Gasteiger partial charge in [-0.05, 0) is 73.9 Å². The quantitative estimate of drug-likeness (QED) is 0.172. The minimum atomic E-state index is -1.13. The smallest absolute Gasteiger partial charge is 0.320 e. The Kier molecular flexibility index (Phi) is 13.3. The van der Waals surface area contributed by atoms with Gasteiger partial charge < -0.3 is 42.1 Å². The van der Waals surface area contributed by atoms with Crippen molar-refractivity contribution in [3.63, 3.8) is 0 Å². The summed E-state index contributed by atoms with van der Waals surface area (Å²) in [7, 11) is 0. The number of phenolic OH excluding ortho intramolecular Hbond substituents is 2. The lowest BCUT2D eigenvalue weighted by atomic mass is 9.93. The van der Waals surface area contributed by atoms with E-state index in [4.69, 9.17) is 42.1 Å². The number of benzene rings is 2. The van der Waals surface area contributed by atoms with E-state index >= 15 is 0 Å². The van der Waals surface area contributed by atoms with E-state index in [1.54, 1.807) is 24.3 Å². The Morgan fingerprint density at radius 3 is 1.05 bits per heavy atom. The number of nitrogens with two attached hydrogens (primary N) is 2. The molecule has 12 heteroatoms. The van der Waals surface area contributed by atoms with Gasteiger partial charge >= 0.3 is 23.9 Å². The maximum atomic E-state index is 11.1. The maximum absolute atomic E-state index is 11.1. The molecule has 0 aliphatic carbocycles. The van der Waals surface area contributed by atoms with Gasteiger partial charge in [-0.25, -0.2) is 0 Å². The normalized spacial score (nSPS) is 13.7. The van der Waals surface area contributed by atoms with Crippen molar-refractivity contribution < 1.29 is 49.8 Å². The van der Waals surface area contributed by atoms with Gasteiger partial charge in [0, 0.05) is 0 Å². The number of hydrogen-bond donors (Lipinski definition) is 8. The highest BCUT2D eigenvalue weighted by atomic mass is 16.4. The molecular weight excluding hydrogens is 500 g/mol. The summed E-state index contributed by atoms with van der Waals surface area (Å²) in [6, 6.07) is 10.4. The zero-order valence-electron chi connectivity index (χ0n) is 20.6. The molecule has 0 bridgehead atoms. The number of carboxylic acid groups (broad SMARTS) is 4. The number of aromatic hydroxyl groups is 2. The molecule has 0 saturated heterocycles. The topological polar surface area (TPSA) is 242 Å². The molecule has 0 saturated carbocycles. The van der Waals surface area contributed by atoms with Crippen molar-refractivity contribution in [3.05, 3.63) is 59.7 Å². The second-order valence-electron chi connectivity index (χ2n) is 8.86. The summed E-state index contributed by atoms with van der Waals surface area (Å²) in [4.78, 5) is 43.4. The highest BCUT2D eigenvalue weighted by Gasteiger charge is 2.22. The zero-order valence-corrected chi connectivity index (χ0v) is 20.6. The molecule has 12 nitrogen and oxygen atoms in total. The molecule has 38 heavy (non-hydrogen) atoms. The maximum Gasteiger partial charge on any atom is 0.320 e. The van der Waals surface area contributed by atoms with Crippen LogP contribution in [0.3, 0.4) is 0 Å². The first-order valence-electron chi connectivity index (χ1n) is 11.8. The molecule has 0 amide bonds. The zero-order chi connectivity index (χ0) is 28.8. The largest absolute Gasteiger partial charge is 0.508 e. The van der Waals surface area contributed by atoms with E-state index in [0.29, 0.717) is 0 Å². The van der Waals surface area contributed by atoms with Crippen LogP contribution >= 0.6 is 0 Å². The van der Waals surface area contributed by atoms with E-state index in [9.17, 15) is 19.2 Å². The lowest BCUT2D eigenvalue weighted by Gasteiger charge is -2.14. The summed E-state index contributed by atoms with van der Waals surface area (Å²) in [5, 5.41) is 53.8. The van der Waals surface area contributed by atoms with E-state index in [-0.39, 0.29) is 50.0 Å². The van der Waals surface area contributed by atoms with Crippen LogP contribution in [0.5, 0.6) is 11.5 Å². The van der Waals surface area contributed by atoms with Crippen LogP contribution in [0.15, 0.2) is 48.5 Å². The van der Waals surface area contributed by atoms with Gasteiger partial charge in [0.15, 0.2) is 0 Å². The Bertz CT molecular complexity index is 971. The Morgan fingerprint density at radius 2 is 0.816 bits per heavy atom. The monoisotopic (exact) mass is 534 g/mol. The van der Waals surface area contributed by atoms with Crippen LogP contribution in [-0.4, -0.2) is 66.6 Å². The van der Waals surface area contributed by atoms with Crippen LogP contribution in [0.2, 0.25) is 0 Å². The third-order valence-corrected chi connectivity index (χ3v) is 5.82. The third-order valence-electron chi connectivity index (χ3n) is 5.82. The van der Waals surface area contributed by atoms with Gasteiger partial charge in [-0.3, -0.25) is 19.2 Å². The van der Waals surface area contributed by atoms with Crippen LogP contribution in [0.25, 0.3) is 0 Å². The number of carboxylic acids is 4. The molecule has 2 aromatic rings. The minimum Gasteiger partial charge on any atom is -0.508 e. The summed E-state index contributed by atoms with van der Waals surface area (Å²) in [5.74, 6) is -5.36. The third kappa shape index (κ3) is 12.2. The molecule has 0 heterocycles. The van der Waals surface area contributed by atoms with Gasteiger partial charge in [0.05, 0.1) is 11.8 Å². The second-order valence-corrected chi connectivity index (χ2v) is 8.86. The van der Waals surface area contributed by atoms with Crippen LogP contribution < -0.4 is 11.5 Å². The minimum absolute atomic E-state index is 0.114. The highest BCUT2D eigenvalue weighted by molar-refractivity contribution is 5.74. The van der Waals surface area contributed by atoms with E-state index in [2.05, 4.69) is 0 Å². The molecule has 2 aromatic carbocycles. The Balaban J connectivity index is 0.000000380.